The predicted molar refractivity (Wildman–Crippen MR) is 97.2 cm³/mol. The molecule has 0 aliphatic carbocycles. The topological polar surface area (TPSA) is 81.4 Å². The number of carbonyl (C=O) groups excluding carboxylic acids is 1. The van der Waals surface area contributed by atoms with Crippen molar-refractivity contribution in [3.8, 4) is 10.8 Å². The minimum Gasteiger partial charge on any atom is -0.454 e. The van der Waals surface area contributed by atoms with Crippen LogP contribution in [0.4, 0.5) is 5.82 Å². The Morgan fingerprint density at radius 1 is 1.27 bits per heavy atom. The molecule has 3 aromatic rings. The van der Waals surface area contributed by atoms with Crippen molar-refractivity contribution in [1.82, 2.24) is 15.2 Å². The quantitative estimate of drug-likeness (QED) is 0.636. The molecule has 0 aromatic carbocycles. The number of rotatable bonds is 5. The fourth-order valence-corrected chi connectivity index (χ4v) is 3.47. The van der Waals surface area contributed by atoms with Crippen molar-refractivity contribution < 1.29 is 13.9 Å². The van der Waals surface area contributed by atoms with Crippen LogP contribution < -0.4 is 4.90 Å². The highest BCUT2D eigenvalue weighted by molar-refractivity contribution is 7.13. The number of esters is 1. The van der Waals surface area contributed by atoms with Crippen LogP contribution in [0.3, 0.4) is 0 Å². The van der Waals surface area contributed by atoms with Gasteiger partial charge < -0.3 is 14.1 Å². The molecule has 0 radical (unpaired) electrons. The van der Waals surface area contributed by atoms with E-state index in [1.807, 2.05) is 23.6 Å². The Bertz CT molecular complexity index is 884. The Morgan fingerprint density at radius 3 is 2.81 bits per heavy atom. The van der Waals surface area contributed by atoms with E-state index in [1.54, 1.807) is 24.3 Å². The van der Waals surface area contributed by atoms with Gasteiger partial charge in [0.1, 0.15) is 18.1 Å². The van der Waals surface area contributed by atoms with Gasteiger partial charge in [0.15, 0.2) is 11.5 Å². The van der Waals surface area contributed by atoms with Crippen molar-refractivity contribution in [2.45, 2.75) is 26.4 Å². The fourth-order valence-electron chi connectivity index (χ4n) is 2.82. The summed E-state index contributed by atoms with van der Waals surface area (Å²) in [7, 11) is 0. The van der Waals surface area contributed by atoms with E-state index in [0.29, 0.717) is 17.3 Å². The van der Waals surface area contributed by atoms with E-state index >= 15 is 0 Å². The van der Waals surface area contributed by atoms with Crippen LogP contribution in [-0.4, -0.2) is 34.2 Å². The van der Waals surface area contributed by atoms with Gasteiger partial charge in [-0.25, -0.2) is 9.78 Å². The lowest BCUT2D eigenvalue weighted by atomic mass is 10.3. The van der Waals surface area contributed by atoms with Gasteiger partial charge in [0.25, 0.3) is 0 Å². The molecule has 4 rings (SSSR count). The Kier molecular flexibility index (Phi) is 4.66. The smallest absolute Gasteiger partial charge is 0.359 e. The van der Waals surface area contributed by atoms with Crippen molar-refractivity contribution in [3.63, 3.8) is 0 Å². The number of aryl methyl sites for hydroxylation is 1. The summed E-state index contributed by atoms with van der Waals surface area (Å²) < 4.78 is 11.0. The maximum atomic E-state index is 12.2. The average molecular weight is 370 g/mol. The minimum absolute atomic E-state index is 0.0368. The van der Waals surface area contributed by atoms with Gasteiger partial charge in [0.05, 0.1) is 4.88 Å². The normalized spacial score (nSPS) is 14.0. The predicted octanol–water partition coefficient (Wildman–Crippen LogP) is 3.46. The van der Waals surface area contributed by atoms with E-state index in [-0.39, 0.29) is 12.3 Å². The molecule has 0 spiro atoms. The third kappa shape index (κ3) is 3.45. The van der Waals surface area contributed by atoms with E-state index in [0.717, 1.165) is 36.6 Å². The summed E-state index contributed by atoms with van der Waals surface area (Å²) in [5.41, 5.74) is 0.788. The van der Waals surface area contributed by atoms with Crippen LogP contribution in [0.15, 0.2) is 34.1 Å². The number of carbonyl (C=O) groups is 1. The van der Waals surface area contributed by atoms with E-state index < -0.39 is 5.97 Å². The van der Waals surface area contributed by atoms with Gasteiger partial charge >= 0.3 is 5.97 Å². The number of hydrogen-bond donors (Lipinski definition) is 0. The van der Waals surface area contributed by atoms with Gasteiger partial charge in [-0.3, -0.25) is 0 Å². The van der Waals surface area contributed by atoms with E-state index in [9.17, 15) is 4.79 Å². The monoisotopic (exact) mass is 370 g/mol. The molecule has 8 heteroatoms. The third-order valence-corrected chi connectivity index (χ3v) is 5.11. The molecule has 0 saturated carbocycles. The van der Waals surface area contributed by atoms with Crippen molar-refractivity contribution in [2.75, 3.05) is 18.0 Å². The highest BCUT2D eigenvalue weighted by atomic mass is 32.1. The van der Waals surface area contributed by atoms with E-state index in [1.165, 1.54) is 0 Å². The third-order valence-electron chi connectivity index (χ3n) is 4.25. The molecule has 26 heavy (non-hydrogen) atoms. The number of nitrogens with zero attached hydrogens (tertiary/aromatic N) is 4. The van der Waals surface area contributed by atoms with Gasteiger partial charge in [0.2, 0.25) is 5.89 Å². The lowest BCUT2D eigenvalue weighted by Crippen LogP contribution is -2.20. The summed E-state index contributed by atoms with van der Waals surface area (Å²) in [6.45, 7) is 3.81. The van der Waals surface area contributed by atoms with Gasteiger partial charge in [-0.1, -0.05) is 6.07 Å². The average Bonchev–Trinajstić information content (AvgIpc) is 3.41. The zero-order chi connectivity index (χ0) is 17.9. The maximum absolute atomic E-state index is 12.2. The summed E-state index contributed by atoms with van der Waals surface area (Å²) in [6, 6.07) is 7.33. The number of hydrogen-bond acceptors (Lipinski definition) is 8. The molecule has 4 heterocycles. The van der Waals surface area contributed by atoms with Gasteiger partial charge in [-0.15, -0.1) is 21.5 Å². The molecule has 0 N–H and O–H groups in total. The molecule has 7 nitrogen and oxygen atoms in total. The molecule has 0 amide bonds. The molecule has 1 aliphatic rings. The van der Waals surface area contributed by atoms with Crippen molar-refractivity contribution >= 4 is 23.1 Å². The standard InChI is InChI=1S/C18H18N4O3S/c1-12-14(19-17(25-12)15-5-4-10-26-15)11-24-18(23)13-6-7-16(21-20-13)22-8-2-3-9-22/h4-7,10H,2-3,8-9,11H2,1H3. The molecule has 1 saturated heterocycles. The van der Waals surface area contributed by atoms with Gasteiger partial charge in [-0.05, 0) is 43.3 Å². The molecule has 134 valence electrons. The Hall–Kier alpha value is -2.74. The highest BCUT2D eigenvalue weighted by Crippen LogP contribution is 2.26. The van der Waals surface area contributed by atoms with Crippen LogP contribution in [0.1, 0.15) is 34.8 Å². The zero-order valence-corrected chi connectivity index (χ0v) is 15.2. The maximum Gasteiger partial charge on any atom is 0.359 e. The largest absolute Gasteiger partial charge is 0.454 e. The number of oxazole rings is 1. The van der Waals surface area contributed by atoms with Crippen LogP contribution in [0.2, 0.25) is 0 Å². The SMILES string of the molecule is Cc1oc(-c2cccs2)nc1COC(=O)c1ccc(N2CCCC2)nn1. The minimum atomic E-state index is -0.523. The second kappa shape index (κ2) is 7.25. The first-order valence-corrected chi connectivity index (χ1v) is 9.34. The number of ether oxygens (including phenoxy) is 1. The number of aromatic nitrogens is 3. The van der Waals surface area contributed by atoms with Crippen LogP contribution in [0.5, 0.6) is 0 Å². The van der Waals surface area contributed by atoms with Crippen LogP contribution in [0.25, 0.3) is 10.8 Å². The lowest BCUT2D eigenvalue weighted by molar-refractivity contribution is 0.0458. The number of anilines is 1. The van der Waals surface area contributed by atoms with Crippen molar-refractivity contribution in [2.24, 2.45) is 0 Å². The van der Waals surface area contributed by atoms with E-state index in [4.69, 9.17) is 9.15 Å². The molecule has 0 unspecified atom stereocenters. The molecular formula is C18H18N4O3S. The first-order chi connectivity index (χ1) is 12.7. The molecule has 1 fully saturated rings. The number of thiophene rings is 1. The molecule has 3 aromatic heterocycles. The van der Waals surface area contributed by atoms with Gasteiger partial charge in [-0.2, -0.15) is 0 Å². The van der Waals surface area contributed by atoms with Crippen molar-refractivity contribution in [1.29, 1.82) is 0 Å². The molecular weight excluding hydrogens is 352 g/mol. The van der Waals surface area contributed by atoms with Crippen LogP contribution in [-0.2, 0) is 11.3 Å². The second-order valence-electron chi connectivity index (χ2n) is 6.05. The van der Waals surface area contributed by atoms with Crippen LogP contribution in [0, 0.1) is 6.92 Å². The van der Waals surface area contributed by atoms with Crippen molar-refractivity contribution in [3.05, 3.63) is 46.8 Å². The Labute approximate surface area is 154 Å². The zero-order valence-electron chi connectivity index (χ0n) is 14.3. The Morgan fingerprint density at radius 2 is 2.12 bits per heavy atom. The van der Waals surface area contributed by atoms with E-state index in [2.05, 4.69) is 20.1 Å². The lowest BCUT2D eigenvalue weighted by Gasteiger charge is -2.14. The Balaban J connectivity index is 1.39. The summed E-state index contributed by atoms with van der Waals surface area (Å²) in [5, 5.41) is 10.1. The van der Waals surface area contributed by atoms with Crippen LogP contribution >= 0.6 is 11.3 Å². The highest BCUT2D eigenvalue weighted by Gasteiger charge is 2.18. The first-order valence-electron chi connectivity index (χ1n) is 8.47. The first kappa shape index (κ1) is 16.7. The molecule has 1 aliphatic heterocycles. The second-order valence-corrected chi connectivity index (χ2v) is 6.99. The molecule has 0 atom stereocenters. The summed E-state index contributed by atoms with van der Waals surface area (Å²) in [5.74, 6) is 1.45. The summed E-state index contributed by atoms with van der Waals surface area (Å²) >= 11 is 1.54. The molecule has 0 bridgehead atoms. The van der Waals surface area contributed by atoms with Gasteiger partial charge in [0, 0.05) is 13.1 Å². The summed E-state index contributed by atoms with van der Waals surface area (Å²) in [4.78, 5) is 19.7. The fraction of sp³-hybridized carbons (Fsp3) is 0.333. The summed E-state index contributed by atoms with van der Waals surface area (Å²) in [6.07, 6.45) is 2.33.